The van der Waals surface area contributed by atoms with Crippen LogP contribution in [-0.4, -0.2) is 32.6 Å². The van der Waals surface area contributed by atoms with Crippen molar-refractivity contribution >= 4 is 11.8 Å². The SMILES string of the molecule is COc1ccc([C@H](C)NC(=O)c2ccc(OCC(N)=O)c(OC)c2)cc1F. The van der Waals surface area contributed by atoms with Gasteiger partial charge in [0.05, 0.1) is 20.3 Å². The average molecular weight is 376 g/mol. The summed E-state index contributed by atoms with van der Waals surface area (Å²) in [7, 11) is 2.80. The molecule has 0 radical (unpaired) electrons. The second kappa shape index (κ2) is 8.88. The second-order valence-corrected chi connectivity index (χ2v) is 5.71. The fourth-order valence-corrected chi connectivity index (χ4v) is 2.39. The highest BCUT2D eigenvalue weighted by atomic mass is 19.1. The minimum atomic E-state index is -0.626. The van der Waals surface area contributed by atoms with E-state index in [2.05, 4.69) is 5.32 Å². The van der Waals surface area contributed by atoms with E-state index in [1.807, 2.05) is 0 Å². The number of methoxy groups -OCH3 is 2. The number of nitrogens with two attached hydrogens (primary N) is 1. The molecule has 2 aromatic carbocycles. The molecule has 0 aliphatic carbocycles. The van der Waals surface area contributed by atoms with Crippen LogP contribution in [0, 0.1) is 5.82 Å². The summed E-state index contributed by atoms with van der Waals surface area (Å²) in [6.45, 7) is 1.43. The van der Waals surface area contributed by atoms with E-state index in [9.17, 15) is 14.0 Å². The van der Waals surface area contributed by atoms with Crippen LogP contribution in [0.25, 0.3) is 0 Å². The minimum absolute atomic E-state index is 0.133. The molecule has 0 unspecified atom stereocenters. The maximum atomic E-state index is 13.8. The number of primary amides is 1. The van der Waals surface area contributed by atoms with E-state index in [0.29, 0.717) is 11.1 Å². The standard InChI is InChI=1S/C19H21FN2O5/c1-11(12-4-6-15(25-2)14(20)8-12)22-19(24)13-5-7-16(17(9-13)26-3)27-10-18(21)23/h4-9,11H,10H2,1-3H3,(H2,21,23)(H,22,24)/t11-/m0/s1. The predicted octanol–water partition coefficient (Wildman–Crippen LogP) is 2.20. The lowest BCUT2D eigenvalue weighted by Crippen LogP contribution is -2.26. The van der Waals surface area contributed by atoms with Gasteiger partial charge in [-0.3, -0.25) is 9.59 Å². The summed E-state index contributed by atoms with van der Waals surface area (Å²) in [6.07, 6.45) is 0. The minimum Gasteiger partial charge on any atom is -0.494 e. The number of carbonyl (C=O) groups excluding carboxylic acids is 2. The van der Waals surface area contributed by atoms with E-state index >= 15 is 0 Å². The Hall–Kier alpha value is -3.29. The molecule has 0 bridgehead atoms. The predicted molar refractivity (Wildman–Crippen MR) is 96.5 cm³/mol. The first-order valence-corrected chi connectivity index (χ1v) is 8.09. The molecule has 2 rings (SSSR count). The van der Waals surface area contributed by atoms with Crippen LogP contribution < -0.4 is 25.3 Å². The van der Waals surface area contributed by atoms with Crippen molar-refractivity contribution in [1.29, 1.82) is 0 Å². The summed E-state index contributed by atoms with van der Waals surface area (Å²) in [5, 5.41) is 2.78. The second-order valence-electron chi connectivity index (χ2n) is 5.71. The van der Waals surface area contributed by atoms with Gasteiger partial charge in [0.2, 0.25) is 0 Å². The quantitative estimate of drug-likeness (QED) is 0.736. The van der Waals surface area contributed by atoms with Gasteiger partial charge in [0.25, 0.3) is 11.8 Å². The maximum absolute atomic E-state index is 13.8. The van der Waals surface area contributed by atoms with Gasteiger partial charge in [-0.15, -0.1) is 0 Å². The molecule has 0 heterocycles. The molecule has 144 valence electrons. The summed E-state index contributed by atoms with van der Waals surface area (Å²) >= 11 is 0. The lowest BCUT2D eigenvalue weighted by Gasteiger charge is -2.16. The van der Waals surface area contributed by atoms with Crippen LogP contribution in [0.3, 0.4) is 0 Å². The van der Waals surface area contributed by atoms with E-state index in [1.54, 1.807) is 13.0 Å². The lowest BCUT2D eigenvalue weighted by molar-refractivity contribution is -0.119. The molecule has 27 heavy (non-hydrogen) atoms. The number of halogens is 1. The van der Waals surface area contributed by atoms with Crippen molar-refractivity contribution < 1.29 is 28.2 Å². The van der Waals surface area contributed by atoms with Gasteiger partial charge in [-0.05, 0) is 42.8 Å². The topological polar surface area (TPSA) is 99.9 Å². The van der Waals surface area contributed by atoms with E-state index in [-0.39, 0.29) is 29.8 Å². The third-order valence-electron chi connectivity index (χ3n) is 3.82. The summed E-state index contributed by atoms with van der Waals surface area (Å²) in [4.78, 5) is 23.3. The van der Waals surface area contributed by atoms with Gasteiger partial charge in [0.1, 0.15) is 0 Å². The Balaban J connectivity index is 2.12. The first-order valence-electron chi connectivity index (χ1n) is 8.09. The van der Waals surface area contributed by atoms with Gasteiger partial charge in [-0.1, -0.05) is 6.07 Å². The number of carbonyl (C=O) groups is 2. The van der Waals surface area contributed by atoms with E-state index in [1.165, 1.54) is 44.6 Å². The zero-order valence-corrected chi connectivity index (χ0v) is 15.2. The third kappa shape index (κ3) is 5.10. The first kappa shape index (κ1) is 20.0. The molecule has 0 spiro atoms. The molecule has 0 saturated heterocycles. The number of ether oxygens (including phenoxy) is 3. The number of hydrogen-bond acceptors (Lipinski definition) is 5. The summed E-state index contributed by atoms with van der Waals surface area (Å²) in [5.41, 5.74) is 5.96. The van der Waals surface area contributed by atoms with Gasteiger partial charge < -0.3 is 25.3 Å². The molecule has 0 saturated carbocycles. The number of benzene rings is 2. The van der Waals surface area contributed by atoms with Crippen molar-refractivity contribution in [3.63, 3.8) is 0 Å². The van der Waals surface area contributed by atoms with Crippen molar-refractivity contribution in [2.45, 2.75) is 13.0 Å². The molecular weight excluding hydrogens is 355 g/mol. The Morgan fingerprint density at radius 2 is 1.74 bits per heavy atom. The van der Waals surface area contributed by atoms with Crippen LogP contribution in [0.15, 0.2) is 36.4 Å². The largest absolute Gasteiger partial charge is 0.494 e. The maximum Gasteiger partial charge on any atom is 0.255 e. The molecule has 0 fully saturated rings. The fourth-order valence-electron chi connectivity index (χ4n) is 2.39. The van der Waals surface area contributed by atoms with Crippen molar-refractivity contribution in [3.8, 4) is 17.2 Å². The van der Waals surface area contributed by atoms with Crippen molar-refractivity contribution in [1.82, 2.24) is 5.32 Å². The number of amides is 2. The smallest absolute Gasteiger partial charge is 0.255 e. The third-order valence-corrected chi connectivity index (χ3v) is 3.82. The summed E-state index contributed by atoms with van der Waals surface area (Å²) < 4.78 is 29.1. The van der Waals surface area contributed by atoms with Gasteiger partial charge >= 0.3 is 0 Å². The van der Waals surface area contributed by atoms with Gasteiger partial charge in [-0.25, -0.2) is 4.39 Å². The van der Waals surface area contributed by atoms with Crippen LogP contribution in [0.2, 0.25) is 0 Å². The van der Waals surface area contributed by atoms with Crippen LogP contribution in [0.1, 0.15) is 28.9 Å². The molecule has 2 aromatic rings. The number of hydrogen-bond donors (Lipinski definition) is 2. The van der Waals surface area contributed by atoms with Crippen LogP contribution in [0.5, 0.6) is 17.2 Å². The van der Waals surface area contributed by atoms with Crippen LogP contribution in [0.4, 0.5) is 4.39 Å². The molecule has 0 aliphatic heterocycles. The Kier molecular flexibility index (Phi) is 6.59. The Labute approximate surface area is 156 Å². The number of nitrogens with one attached hydrogen (secondary N) is 1. The van der Waals surface area contributed by atoms with Crippen molar-refractivity contribution in [2.24, 2.45) is 5.73 Å². The van der Waals surface area contributed by atoms with Gasteiger partial charge in [0, 0.05) is 5.56 Å². The molecule has 0 aromatic heterocycles. The van der Waals surface area contributed by atoms with E-state index in [0.717, 1.165) is 0 Å². The highest BCUT2D eigenvalue weighted by Gasteiger charge is 2.16. The molecule has 0 aliphatic rings. The van der Waals surface area contributed by atoms with Crippen molar-refractivity contribution in [3.05, 3.63) is 53.3 Å². The highest BCUT2D eigenvalue weighted by Crippen LogP contribution is 2.28. The van der Waals surface area contributed by atoms with Crippen molar-refractivity contribution in [2.75, 3.05) is 20.8 Å². The molecule has 8 heteroatoms. The van der Waals surface area contributed by atoms with Crippen LogP contribution >= 0.6 is 0 Å². The van der Waals surface area contributed by atoms with Crippen LogP contribution in [-0.2, 0) is 4.79 Å². The van der Waals surface area contributed by atoms with Gasteiger partial charge in [-0.2, -0.15) is 0 Å². The fraction of sp³-hybridized carbons (Fsp3) is 0.263. The lowest BCUT2D eigenvalue weighted by atomic mass is 10.1. The molecule has 7 nitrogen and oxygen atoms in total. The van der Waals surface area contributed by atoms with E-state index < -0.39 is 17.8 Å². The normalized spacial score (nSPS) is 11.4. The molecular formula is C19H21FN2O5. The molecule has 3 N–H and O–H groups in total. The highest BCUT2D eigenvalue weighted by molar-refractivity contribution is 5.95. The average Bonchev–Trinajstić information content (AvgIpc) is 2.65. The Morgan fingerprint density at radius 1 is 1.07 bits per heavy atom. The zero-order chi connectivity index (χ0) is 20.0. The molecule has 2 amide bonds. The van der Waals surface area contributed by atoms with E-state index in [4.69, 9.17) is 19.9 Å². The monoisotopic (exact) mass is 376 g/mol. The summed E-state index contributed by atoms with van der Waals surface area (Å²) in [5.74, 6) is -0.801. The Morgan fingerprint density at radius 3 is 2.33 bits per heavy atom. The van der Waals surface area contributed by atoms with Gasteiger partial charge in [0.15, 0.2) is 29.7 Å². The number of rotatable bonds is 8. The Bertz CT molecular complexity index is 841. The first-order chi connectivity index (χ1) is 12.8. The zero-order valence-electron chi connectivity index (χ0n) is 15.2. The molecule has 1 atom stereocenters. The summed E-state index contributed by atoms with van der Waals surface area (Å²) in [6, 6.07) is 8.56.